The van der Waals surface area contributed by atoms with Crippen LogP contribution in [-0.4, -0.2) is 40.2 Å². The second-order valence-corrected chi connectivity index (χ2v) is 10.4. The van der Waals surface area contributed by atoms with Gasteiger partial charge in [-0.05, 0) is 49.8 Å². The van der Waals surface area contributed by atoms with Crippen molar-refractivity contribution in [2.45, 2.75) is 76.1 Å². The summed E-state index contributed by atoms with van der Waals surface area (Å²) in [5.74, 6) is 1.81. The summed E-state index contributed by atoms with van der Waals surface area (Å²) in [7, 11) is 1.05. The lowest BCUT2D eigenvalue weighted by Crippen LogP contribution is -2.46. The number of anilines is 1. The van der Waals surface area contributed by atoms with Crippen LogP contribution < -0.4 is 16.0 Å². The molecule has 31 heavy (non-hydrogen) atoms. The summed E-state index contributed by atoms with van der Waals surface area (Å²) < 4.78 is 12.2. The van der Waals surface area contributed by atoms with Gasteiger partial charge in [0, 0.05) is 53.0 Å². The first-order valence-electron chi connectivity index (χ1n) is 11.3. The highest BCUT2D eigenvalue weighted by Crippen LogP contribution is 2.26. The fourth-order valence-corrected chi connectivity index (χ4v) is 5.86. The Bertz CT molecular complexity index is 768. The van der Waals surface area contributed by atoms with Gasteiger partial charge in [-0.25, -0.2) is 0 Å². The van der Waals surface area contributed by atoms with Crippen LogP contribution in [0, 0.1) is 5.92 Å². The maximum atomic E-state index is 12.4. The standard InChI is InChI=1S/C23H36N4O2S.HI/c1-3-30(29)21-13-7-12-20(15-21)27-23(24-2)25-16-17-8-6-11-19(14-17)26-22(28)18-9-4-5-10-18;/h6,8,11,14,18,20-21H,3-5,7,9-10,12-13,15-16H2,1-2H3,(H,26,28)(H2,24,25,27);1H. The molecule has 0 aliphatic heterocycles. The van der Waals surface area contributed by atoms with Gasteiger partial charge in [-0.1, -0.05) is 38.3 Å². The highest BCUT2D eigenvalue weighted by Gasteiger charge is 2.26. The van der Waals surface area contributed by atoms with Gasteiger partial charge in [0.05, 0.1) is 0 Å². The molecule has 3 N–H and O–H groups in total. The molecule has 6 nitrogen and oxygen atoms in total. The predicted octanol–water partition coefficient (Wildman–Crippen LogP) is 4.18. The molecule has 1 amide bonds. The number of hydrogen-bond acceptors (Lipinski definition) is 3. The van der Waals surface area contributed by atoms with Crippen molar-refractivity contribution >= 4 is 52.3 Å². The van der Waals surface area contributed by atoms with Crippen LogP contribution in [0.25, 0.3) is 0 Å². The number of aliphatic imine (C=N–C) groups is 1. The SMILES string of the molecule is CCS(=O)C1CCCC(NC(=NC)NCc2cccc(NC(=O)C3CCCC3)c2)C1.I. The van der Waals surface area contributed by atoms with Crippen molar-refractivity contribution in [2.24, 2.45) is 10.9 Å². The van der Waals surface area contributed by atoms with Crippen molar-refractivity contribution in [3.8, 4) is 0 Å². The highest BCUT2D eigenvalue weighted by molar-refractivity contribution is 14.0. The fourth-order valence-electron chi connectivity index (χ4n) is 4.52. The van der Waals surface area contributed by atoms with Gasteiger partial charge in [0.15, 0.2) is 5.96 Å². The lowest BCUT2D eigenvalue weighted by Gasteiger charge is -2.30. The Morgan fingerprint density at radius 3 is 2.65 bits per heavy atom. The van der Waals surface area contributed by atoms with Gasteiger partial charge in [0.2, 0.25) is 5.91 Å². The largest absolute Gasteiger partial charge is 0.354 e. The summed E-state index contributed by atoms with van der Waals surface area (Å²) >= 11 is 0. The van der Waals surface area contributed by atoms with E-state index in [9.17, 15) is 9.00 Å². The van der Waals surface area contributed by atoms with E-state index in [1.165, 1.54) is 0 Å². The molecule has 2 aliphatic carbocycles. The van der Waals surface area contributed by atoms with Crippen molar-refractivity contribution in [3.63, 3.8) is 0 Å². The van der Waals surface area contributed by atoms with Crippen LogP contribution in [0.2, 0.25) is 0 Å². The Kier molecular flexibility index (Phi) is 11.3. The first-order chi connectivity index (χ1) is 14.6. The number of carbonyl (C=O) groups excluding carboxylic acids is 1. The van der Waals surface area contributed by atoms with E-state index in [2.05, 4.69) is 20.9 Å². The number of rotatable bonds is 7. The van der Waals surface area contributed by atoms with E-state index in [-0.39, 0.29) is 35.8 Å². The normalized spacial score (nSPS) is 23.0. The number of nitrogens with zero attached hydrogens (tertiary/aromatic N) is 1. The molecular formula is C23H37IN4O2S. The maximum Gasteiger partial charge on any atom is 0.227 e. The third kappa shape index (κ3) is 8.04. The van der Waals surface area contributed by atoms with E-state index in [0.717, 1.165) is 74.3 Å². The Morgan fingerprint density at radius 2 is 1.94 bits per heavy atom. The van der Waals surface area contributed by atoms with Crippen LogP contribution in [-0.2, 0) is 22.1 Å². The number of halogens is 1. The molecule has 0 bridgehead atoms. The molecule has 3 rings (SSSR count). The minimum absolute atomic E-state index is 0. The first-order valence-corrected chi connectivity index (χ1v) is 12.7. The molecule has 2 aliphatic rings. The Hall–Kier alpha value is -1.16. The molecule has 3 atom stereocenters. The van der Waals surface area contributed by atoms with E-state index in [4.69, 9.17) is 0 Å². The molecule has 2 fully saturated rings. The third-order valence-electron chi connectivity index (χ3n) is 6.23. The summed E-state index contributed by atoms with van der Waals surface area (Å²) in [5, 5.41) is 10.2. The molecule has 0 radical (unpaired) electrons. The molecule has 3 unspecified atom stereocenters. The predicted molar refractivity (Wildman–Crippen MR) is 141 cm³/mol. The smallest absolute Gasteiger partial charge is 0.227 e. The summed E-state index contributed by atoms with van der Waals surface area (Å²) in [6.07, 6.45) is 8.50. The molecule has 1 aromatic carbocycles. The quantitative estimate of drug-likeness (QED) is 0.266. The van der Waals surface area contributed by atoms with Crippen molar-refractivity contribution in [2.75, 3.05) is 18.1 Å². The lowest BCUT2D eigenvalue weighted by molar-refractivity contribution is -0.119. The van der Waals surface area contributed by atoms with Crippen LogP contribution in [0.1, 0.15) is 63.9 Å². The molecule has 0 heterocycles. The maximum absolute atomic E-state index is 12.4. The van der Waals surface area contributed by atoms with Gasteiger partial charge in [-0.2, -0.15) is 0 Å². The van der Waals surface area contributed by atoms with Gasteiger partial charge in [-0.3, -0.25) is 14.0 Å². The highest BCUT2D eigenvalue weighted by atomic mass is 127. The van der Waals surface area contributed by atoms with E-state index in [1.807, 2.05) is 31.2 Å². The summed E-state index contributed by atoms with van der Waals surface area (Å²) in [6.45, 7) is 2.63. The third-order valence-corrected chi connectivity index (χ3v) is 7.97. The number of carbonyl (C=O) groups is 1. The first kappa shape index (κ1) is 26.1. The second kappa shape index (κ2) is 13.4. The van der Waals surface area contributed by atoms with Gasteiger partial charge in [-0.15, -0.1) is 24.0 Å². The van der Waals surface area contributed by atoms with Crippen molar-refractivity contribution in [3.05, 3.63) is 29.8 Å². The van der Waals surface area contributed by atoms with Gasteiger partial charge < -0.3 is 16.0 Å². The zero-order valence-electron chi connectivity index (χ0n) is 18.7. The van der Waals surface area contributed by atoms with Gasteiger partial charge in [0.1, 0.15) is 0 Å². The molecule has 0 aromatic heterocycles. The zero-order chi connectivity index (χ0) is 21.3. The summed E-state index contributed by atoms with van der Waals surface area (Å²) in [4.78, 5) is 16.7. The average Bonchev–Trinajstić information content (AvgIpc) is 3.31. The topological polar surface area (TPSA) is 82.6 Å². The van der Waals surface area contributed by atoms with Crippen molar-refractivity contribution in [1.82, 2.24) is 10.6 Å². The van der Waals surface area contributed by atoms with E-state index in [1.54, 1.807) is 7.05 Å². The number of benzene rings is 1. The average molecular weight is 561 g/mol. The number of nitrogens with one attached hydrogen (secondary N) is 3. The molecule has 0 spiro atoms. The number of amides is 1. The molecule has 174 valence electrons. The number of hydrogen-bond donors (Lipinski definition) is 3. The summed E-state index contributed by atoms with van der Waals surface area (Å²) in [5.41, 5.74) is 1.95. The minimum atomic E-state index is -0.728. The lowest BCUT2D eigenvalue weighted by atomic mass is 9.95. The minimum Gasteiger partial charge on any atom is -0.354 e. The van der Waals surface area contributed by atoms with E-state index >= 15 is 0 Å². The van der Waals surface area contributed by atoms with Gasteiger partial charge in [0.25, 0.3) is 0 Å². The monoisotopic (exact) mass is 560 g/mol. The van der Waals surface area contributed by atoms with Crippen LogP contribution in [0.5, 0.6) is 0 Å². The molecule has 1 aromatic rings. The second-order valence-electron chi connectivity index (χ2n) is 8.40. The van der Waals surface area contributed by atoms with Crippen LogP contribution in [0.3, 0.4) is 0 Å². The molecule has 8 heteroatoms. The molecular weight excluding hydrogens is 523 g/mol. The number of guanidine groups is 1. The van der Waals surface area contributed by atoms with Crippen LogP contribution >= 0.6 is 24.0 Å². The van der Waals surface area contributed by atoms with Crippen LogP contribution in [0.15, 0.2) is 29.3 Å². The van der Waals surface area contributed by atoms with E-state index < -0.39 is 10.8 Å². The summed E-state index contributed by atoms with van der Waals surface area (Å²) in [6, 6.07) is 8.30. The molecule has 0 saturated heterocycles. The Balaban J connectivity index is 0.00000341. The van der Waals surface area contributed by atoms with Gasteiger partial charge >= 0.3 is 0 Å². The zero-order valence-corrected chi connectivity index (χ0v) is 21.8. The molecule has 2 saturated carbocycles. The Morgan fingerprint density at radius 1 is 1.16 bits per heavy atom. The fraction of sp³-hybridized carbons (Fsp3) is 0.652. The van der Waals surface area contributed by atoms with E-state index in [0.29, 0.717) is 17.8 Å². The Labute approximate surface area is 206 Å². The van der Waals surface area contributed by atoms with Crippen LogP contribution in [0.4, 0.5) is 5.69 Å². The van der Waals surface area contributed by atoms with Crippen molar-refractivity contribution < 1.29 is 9.00 Å². The van der Waals surface area contributed by atoms with Crippen molar-refractivity contribution in [1.29, 1.82) is 0 Å².